The van der Waals surface area contributed by atoms with Gasteiger partial charge in [-0.1, -0.05) is 12.1 Å². The predicted molar refractivity (Wildman–Crippen MR) is 91.1 cm³/mol. The van der Waals surface area contributed by atoms with Crippen molar-refractivity contribution in [2.45, 2.75) is 19.9 Å². The van der Waals surface area contributed by atoms with E-state index in [1.54, 1.807) is 12.1 Å². The van der Waals surface area contributed by atoms with Gasteiger partial charge in [0.1, 0.15) is 5.82 Å². The molecule has 1 aromatic heterocycles. The molecule has 0 amide bonds. The summed E-state index contributed by atoms with van der Waals surface area (Å²) in [5, 5.41) is 8.85. The quantitative estimate of drug-likeness (QED) is 0.872. The van der Waals surface area contributed by atoms with Crippen molar-refractivity contribution in [2.24, 2.45) is 0 Å². The van der Waals surface area contributed by atoms with Crippen LogP contribution < -0.4 is 4.90 Å². The molecule has 5 nitrogen and oxygen atoms in total. The molecule has 0 N–H and O–H groups in total. The van der Waals surface area contributed by atoms with Crippen molar-refractivity contribution in [3.8, 4) is 17.3 Å². The zero-order valence-electron chi connectivity index (χ0n) is 13.6. The average molecular weight is 307 g/mol. The van der Waals surface area contributed by atoms with Gasteiger partial charge in [0.05, 0.1) is 29.7 Å². The van der Waals surface area contributed by atoms with E-state index < -0.39 is 0 Å². The number of hydrogen-bond donors (Lipinski definition) is 0. The number of benzene rings is 1. The number of hydrogen-bond acceptors (Lipinski definition) is 5. The molecule has 1 aromatic carbocycles. The summed E-state index contributed by atoms with van der Waals surface area (Å²) < 4.78 is 0. The second-order valence-corrected chi connectivity index (χ2v) is 6.07. The van der Waals surface area contributed by atoms with Crippen LogP contribution in [0.15, 0.2) is 36.7 Å². The first-order chi connectivity index (χ1) is 11.2. The number of piperazine rings is 1. The molecule has 2 heterocycles. The second kappa shape index (κ2) is 6.76. The minimum atomic E-state index is 0.599. The third-order valence-corrected chi connectivity index (χ3v) is 4.32. The summed E-state index contributed by atoms with van der Waals surface area (Å²) in [5.74, 6) is 0.936. The molecule has 0 saturated carbocycles. The summed E-state index contributed by atoms with van der Waals surface area (Å²) >= 11 is 0. The van der Waals surface area contributed by atoms with Crippen LogP contribution in [0.4, 0.5) is 5.82 Å². The minimum Gasteiger partial charge on any atom is -0.353 e. The van der Waals surface area contributed by atoms with E-state index in [0.717, 1.165) is 43.3 Å². The Morgan fingerprint density at radius 1 is 1.00 bits per heavy atom. The molecule has 0 aliphatic carbocycles. The molecule has 1 fully saturated rings. The highest BCUT2D eigenvalue weighted by Gasteiger charge is 2.19. The lowest BCUT2D eigenvalue weighted by atomic mass is 10.1. The normalized spacial score (nSPS) is 15.7. The maximum absolute atomic E-state index is 8.85. The molecule has 5 heteroatoms. The molecule has 0 atom stereocenters. The van der Waals surface area contributed by atoms with Crippen LogP contribution in [0.5, 0.6) is 0 Å². The van der Waals surface area contributed by atoms with Crippen LogP contribution in [0.2, 0.25) is 0 Å². The van der Waals surface area contributed by atoms with Crippen LogP contribution in [-0.4, -0.2) is 47.1 Å². The zero-order valence-corrected chi connectivity index (χ0v) is 13.6. The molecule has 0 spiro atoms. The SMILES string of the molecule is CC(C)N1CCN(c2cnc(-c3ccc(C#N)cc3)cn2)CC1. The third kappa shape index (κ3) is 3.49. The Morgan fingerprint density at radius 2 is 1.70 bits per heavy atom. The summed E-state index contributed by atoms with van der Waals surface area (Å²) in [6.45, 7) is 8.59. The van der Waals surface area contributed by atoms with Crippen LogP contribution in [0.3, 0.4) is 0 Å². The summed E-state index contributed by atoms with van der Waals surface area (Å²) in [6, 6.07) is 10.1. The van der Waals surface area contributed by atoms with Gasteiger partial charge in [-0.2, -0.15) is 5.26 Å². The fourth-order valence-electron chi connectivity index (χ4n) is 2.82. The smallest absolute Gasteiger partial charge is 0.147 e. The summed E-state index contributed by atoms with van der Waals surface area (Å²) in [6.07, 6.45) is 3.66. The van der Waals surface area contributed by atoms with Gasteiger partial charge in [0, 0.05) is 37.8 Å². The van der Waals surface area contributed by atoms with Crippen molar-refractivity contribution < 1.29 is 0 Å². The van der Waals surface area contributed by atoms with Crippen molar-refractivity contribution >= 4 is 5.82 Å². The summed E-state index contributed by atoms with van der Waals surface area (Å²) in [5.41, 5.74) is 2.47. The molecule has 1 saturated heterocycles. The molecular formula is C18H21N5. The Kier molecular flexibility index (Phi) is 4.54. The monoisotopic (exact) mass is 307 g/mol. The van der Waals surface area contributed by atoms with Gasteiger partial charge in [0.25, 0.3) is 0 Å². The van der Waals surface area contributed by atoms with Crippen LogP contribution >= 0.6 is 0 Å². The van der Waals surface area contributed by atoms with Gasteiger partial charge in [-0.05, 0) is 26.0 Å². The van der Waals surface area contributed by atoms with Crippen LogP contribution in [0, 0.1) is 11.3 Å². The van der Waals surface area contributed by atoms with E-state index in [2.05, 4.69) is 39.7 Å². The van der Waals surface area contributed by atoms with Crippen LogP contribution in [-0.2, 0) is 0 Å². The highest BCUT2D eigenvalue weighted by Crippen LogP contribution is 2.19. The van der Waals surface area contributed by atoms with E-state index in [1.807, 2.05) is 24.5 Å². The number of nitrogens with zero attached hydrogens (tertiary/aromatic N) is 5. The number of aromatic nitrogens is 2. The lowest BCUT2D eigenvalue weighted by molar-refractivity contribution is 0.209. The maximum Gasteiger partial charge on any atom is 0.147 e. The van der Waals surface area contributed by atoms with Crippen molar-refractivity contribution in [1.82, 2.24) is 14.9 Å². The van der Waals surface area contributed by atoms with E-state index in [1.165, 1.54) is 0 Å². The van der Waals surface area contributed by atoms with Gasteiger partial charge in [-0.15, -0.1) is 0 Å². The average Bonchev–Trinajstić information content (AvgIpc) is 2.62. The summed E-state index contributed by atoms with van der Waals surface area (Å²) in [4.78, 5) is 13.9. The topological polar surface area (TPSA) is 56.0 Å². The van der Waals surface area contributed by atoms with Crippen molar-refractivity contribution in [3.05, 3.63) is 42.2 Å². The molecule has 1 aliphatic rings. The number of anilines is 1. The molecule has 118 valence electrons. The van der Waals surface area contributed by atoms with Crippen molar-refractivity contribution in [3.63, 3.8) is 0 Å². The Balaban J connectivity index is 1.69. The first-order valence-corrected chi connectivity index (χ1v) is 7.99. The number of rotatable bonds is 3. The Morgan fingerprint density at radius 3 is 2.22 bits per heavy atom. The fraction of sp³-hybridized carbons (Fsp3) is 0.389. The van der Waals surface area contributed by atoms with Gasteiger partial charge >= 0.3 is 0 Å². The van der Waals surface area contributed by atoms with Gasteiger partial charge in [0.2, 0.25) is 0 Å². The molecule has 23 heavy (non-hydrogen) atoms. The van der Waals surface area contributed by atoms with E-state index >= 15 is 0 Å². The van der Waals surface area contributed by atoms with Crippen molar-refractivity contribution in [1.29, 1.82) is 5.26 Å². The molecule has 1 aliphatic heterocycles. The fourth-order valence-corrected chi connectivity index (χ4v) is 2.82. The van der Waals surface area contributed by atoms with Gasteiger partial charge in [-0.3, -0.25) is 9.88 Å². The largest absolute Gasteiger partial charge is 0.353 e. The number of nitriles is 1. The standard InChI is InChI=1S/C18H21N5/c1-14(2)22-7-9-23(10-8-22)18-13-20-17(12-21-18)16-5-3-15(11-19)4-6-16/h3-6,12-14H,7-10H2,1-2H3. The van der Waals surface area contributed by atoms with E-state index in [9.17, 15) is 0 Å². The Hall–Kier alpha value is -2.45. The second-order valence-electron chi connectivity index (χ2n) is 6.07. The van der Waals surface area contributed by atoms with E-state index in [4.69, 9.17) is 5.26 Å². The highest BCUT2D eigenvalue weighted by molar-refractivity contribution is 5.60. The molecule has 2 aromatic rings. The lowest BCUT2D eigenvalue weighted by Crippen LogP contribution is -2.49. The molecule has 0 radical (unpaired) electrons. The van der Waals surface area contributed by atoms with E-state index in [0.29, 0.717) is 11.6 Å². The van der Waals surface area contributed by atoms with E-state index in [-0.39, 0.29) is 0 Å². The summed E-state index contributed by atoms with van der Waals surface area (Å²) in [7, 11) is 0. The first-order valence-electron chi connectivity index (χ1n) is 7.99. The zero-order chi connectivity index (χ0) is 16.2. The molecule has 0 bridgehead atoms. The first kappa shape index (κ1) is 15.4. The third-order valence-electron chi connectivity index (χ3n) is 4.32. The van der Waals surface area contributed by atoms with Gasteiger partial charge < -0.3 is 4.90 Å². The van der Waals surface area contributed by atoms with Gasteiger partial charge in [-0.25, -0.2) is 4.98 Å². The Labute approximate surface area is 137 Å². The minimum absolute atomic E-state index is 0.599. The molecular weight excluding hydrogens is 286 g/mol. The Bertz CT molecular complexity index is 677. The molecule has 0 unspecified atom stereocenters. The predicted octanol–water partition coefficient (Wildman–Crippen LogP) is 2.55. The van der Waals surface area contributed by atoms with Crippen LogP contribution in [0.25, 0.3) is 11.3 Å². The van der Waals surface area contributed by atoms with Gasteiger partial charge in [0.15, 0.2) is 0 Å². The lowest BCUT2D eigenvalue weighted by Gasteiger charge is -2.37. The maximum atomic E-state index is 8.85. The van der Waals surface area contributed by atoms with Crippen molar-refractivity contribution in [2.75, 3.05) is 31.1 Å². The van der Waals surface area contributed by atoms with Crippen LogP contribution in [0.1, 0.15) is 19.4 Å². The molecule has 3 rings (SSSR count). The highest BCUT2D eigenvalue weighted by atomic mass is 15.3.